The highest BCUT2D eigenvalue weighted by atomic mass is 32.1. The number of rotatable bonds is 4. The maximum absolute atomic E-state index is 5.29. The minimum Gasteiger partial charge on any atom is -0.465 e. The fraction of sp³-hybridized carbons (Fsp3) is 0.118. The molecule has 3 rings (SSSR count). The molecule has 2 heterocycles. The lowest BCUT2D eigenvalue weighted by atomic mass is 10.1. The molecule has 116 valence electrons. The summed E-state index contributed by atoms with van der Waals surface area (Å²) in [6, 6.07) is 11.8. The maximum atomic E-state index is 5.29. The summed E-state index contributed by atoms with van der Waals surface area (Å²) in [4.78, 5) is 0. The molecule has 2 aromatic heterocycles. The molecule has 0 saturated carbocycles. The maximum Gasteiger partial charge on any atom is 0.216 e. The first-order valence-electron chi connectivity index (χ1n) is 7.14. The van der Waals surface area contributed by atoms with Crippen molar-refractivity contribution in [2.24, 2.45) is 5.10 Å². The third-order valence-corrected chi connectivity index (χ3v) is 3.48. The Morgan fingerprint density at radius 3 is 2.96 bits per heavy atom. The number of allylic oxidation sites excluding steroid dienone is 1. The van der Waals surface area contributed by atoms with Gasteiger partial charge < -0.3 is 4.42 Å². The van der Waals surface area contributed by atoms with Crippen LogP contribution in [0.25, 0.3) is 17.5 Å². The lowest BCUT2D eigenvalue weighted by molar-refractivity contribution is 0.557. The van der Waals surface area contributed by atoms with E-state index < -0.39 is 0 Å². The van der Waals surface area contributed by atoms with Crippen molar-refractivity contribution in [3.63, 3.8) is 0 Å². The third-order valence-electron chi connectivity index (χ3n) is 3.22. The molecule has 0 fully saturated rings. The molecule has 0 saturated heterocycles. The van der Waals surface area contributed by atoms with Crippen LogP contribution >= 0.6 is 12.2 Å². The Morgan fingerprint density at radius 1 is 1.35 bits per heavy atom. The van der Waals surface area contributed by atoms with Gasteiger partial charge in [0.2, 0.25) is 4.77 Å². The molecule has 1 aromatic carbocycles. The van der Waals surface area contributed by atoms with Crippen LogP contribution in [-0.2, 0) is 0 Å². The Labute approximate surface area is 139 Å². The number of aromatic nitrogens is 3. The highest BCUT2D eigenvalue weighted by molar-refractivity contribution is 7.71. The van der Waals surface area contributed by atoms with Crippen molar-refractivity contribution < 1.29 is 4.42 Å². The fourth-order valence-corrected chi connectivity index (χ4v) is 2.33. The van der Waals surface area contributed by atoms with Crippen molar-refractivity contribution >= 4 is 24.5 Å². The summed E-state index contributed by atoms with van der Waals surface area (Å²) >= 11 is 5.27. The van der Waals surface area contributed by atoms with E-state index in [9.17, 15) is 0 Å². The van der Waals surface area contributed by atoms with E-state index in [-0.39, 0.29) is 0 Å². The summed E-state index contributed by atoms with van der Waals surface area (Å²) in [7, 11) is 0. The summed E-state index contributed by atoms with van der Waals surface area (Å²) in [5.74, 6) is 1.46. The minimum atomic E-state index is 0.448. The van der Waals surface area contributed by atoms with Gasteiger partial charge in [0.15, 0.2) is 5.82 Å². The monoisotopic (exact) mass is 324 g/mol. The Kier molecular flexibility index (Phi) is 4.34. The zero-order valence-electron chi connectivity index (χ0n) is 12.9. The van der Waals surface area contributed by atoms with E-state index in [1.54, 1.807) is 17.2 Å². The number of hydrogen-bond donors (Lipinski definition) is 1. The highest BCUT2D eigenvalue weighted by Gasteiger charge is 2.07. The first-order chi connectivity index (χ1) is 11.1. The van der Waals surface area contributed by atoms with Gasteiger partial charge in [-0.2, -0.15) is 14.9 Å². The van der Waals surface area contributed by atoms with Crippen molar-refractivity contribution in [3.8, 4) is 11.4 Å². The first kappa shape index (κ1) is 15.2. The van der Waals surface area contributed by atoms with Gasteiger partial charge in [-0.1, -0.05) is 23.8 Å². The van der Waals surface area contributed by atoms with E-state index in [0.717, 1.165) is 22.5 Å². The number of aryl methyl sites for hydroxylation is 1. The predicted molar refractivity (Wildman–Crippen MR) is 93.8 cm³/mol. The minimum absolute atomic E-state index is 0.448. The molecule has 0 bridgehead atoms. The normalized spacial score (nSPS) is 12.2. The molecule has 6 heteroatoms. The van der Waals surface area contributed by atoms with Crippen LogP contribution < -0.4 is 0 Å². The summed E-state index contributed by atoms with van der Waals surface area (Å²) in [6.07, 6.45) is 5.27. The topological polar surface area (TPSA) is 59.1 Å². The zero-order chi connectivity index (χ0) is 16.2. The van der Waals surface area contributed by atoms with Gasteiger partial charge in [0.25, 0.3) is 0 Å². The van der Waals surface area contributed by atoms with Crippen LogP contribution in [0.3, 0.4) is 0 Å². The number of nitrogens with one attached hydrogen (secondary N) is 1. The Hall–Kier alpha value is -2.73. The van der Waals surface area contributed by atoms with Crippen molar-refractivity contribution in [2.75, 3.05) is 0 Å². The number of furan rings is 1. The van der Waals surface area contributed by atoms with Gasteiger partial charge in [0, 0.05) is 5.56 Å². The molecule has 5 nitrogen and oxygen atoms in total. The molecule has 0 radical (unpaired) electrons. The lowest BCUT2D eigenvalue weighted by Crippen LogP contribution is -1.95. The van der Waals surface area contributed by atoms with E-state index in [0.29, 0.717) is 10.6 Å². The molecule has 0 amide bonds. The summed E-state index contributed by atoms with van der Waals surface area (Å²) in [5.41, 5.74) is 3.06. The van der Waals surface area contributed by atoms with E-state index in [1.807, 2.05) is 56.3 Å². The molecule has 0 aliphatic heterocycles. The second-order valence-electron chi connectivity index (χ2n) is 5.18. The third kappa shape index (κ3) is 3.54. The second kappa shape index (κ2) is 6.58. The number of aromatic amines is 1. The van der Waals surface area contributed by atoms with Crippen molar-refractivity contribution in [2.45, 2.75) is 13.8 Å². The SMILES string of the molecule is CC(C=Nn1c(-c2cccc(C)c2)n[nH]c1=S)=Cc1ccco1. The number of H-pyrrole nitrogens is 1. The molecule has 0 spiro atoms. The van der Waals surface area contributed by atoms with Crippen LogP contribution in [0.5, 0.6) is 0 Å². The van der Waals surface area contributed by atoms with E-state index in [4.69, 9.17) is 16.6 Å². The largest absolute Gasteiger partial charge is 0.465 e. The smallest absolute Gasteiger partial charge is 0.216 e. The van der Waals surface area contributed by atoms with Crippen molar-refractivity contribution in [3.05, 3.63) is 64.3 Å². The zero-order valence-corrected chi connectivity index (χ0v) is 13.7. The van der Waals surface area contributed by atoms with Crippen LogP contribution in [-0.4, -0.2) is 21.1 Å². The lowest BCUT2D eigenvalue weighted by Gasteiger charge is -2.02. The number of hydrogen-bond acceptors (Lipinski definition) is 4. The Balaban J connectivity index is 1.93. The van der Waals surface area contributed by atoms with Crippen molar-refractivity contribution in [1.29, 1.82) is 0 Å². The van der Waals surface area contributed by atoms with Gasteiger partial charge in [-0.05, 0) is 55.9 Å². The second-order valence-corrected chi connectivity index (χ2v) is 5.57. The van der Waals surface area contributed by atoms with Gasteiger partial charge >= 0.3 is 0 Å². The molecule has 0 aliphatic rings. The summed E-state index contributed by atoms with van der Waals surface area (Å²) in [5, 5.41) is 11.5. The van der Waals surface area contributed by atoms with Gasteiger partial charge in [-0.15, -0.1) is 0 Å². The van der Waals surface area contributed by atoms with Crippen molar-refractivity contribution in [1.82, 2.24) is 14.9 Å². The van der Waals surface area contributed by atoms with Gasteiger partial charge in [0.05, 0.1) is 12.5 Å². The molecule has 0 aliphatic carbocycles. The first-order valence-corrected chi connectivity index (χ1v) is 7.55. The molecule has 0 unspecified atom stereocenters. The van der Waals surface area contributed by atoms with Crippen LogP contribution in [0.1, 0.15) is 18.2 Å². The summed E-state index contributed by atoms with van der Waals surface area (Å²) < 4.78 is 7.35. The average molecular weight is 324 g/mol. The molecule has 23 heavy (non-hydrogen) atoms. The van der Waals surface area contributed by atoms with E-state index in [2.05, 4.69) is 15.3 Å². The standard InChI is InChI=1S/C17H16N4OS/c1-12-5-3-6-14(9-12)16-19-20-17(23)21(16)18-11-13(2)10-15-7-4-8-22-15/h3-11H,1-2H3,(H,20,23). The van der Waals surface area contributed by atoms with Crippen LogP contribution in [0, 0.1) is 11.7 Å². The molecular weight excluding hydrogens is 308 g/mol. The number of benzene rings is 1. The predicted octanol–water partition coefficient (Wildman–Crippen LogP) is 4.45. The van der Waals surface area contributed by atoms with Crippen LogP contribution in [0.15, 0.2) is 57.8 Å². The number of nitrogens with zero attached hydrogens (tertiary/aromatic N) is 3. The van der Waals surface area contributed by atoms with Gasteiger partial charge in [-0.25, -0.2) is 5.10 Å². The average Bonchev–Trinajstić information content (AvgIpc) is 3.15. The quantitative estimate of drug-likeness (QED) is 0.570. The Bertz CT molecular complexity index is 916. The molecule has 3 aromatic rings. The molecule has 1 N–H and O–H groups in total. The van der Waals surface area contributed by atoms with Gasteiger partial charge in [0.1, 0.15) is 5.76 Å². The van der Waals surface area contributed by atoms with Crippen LogP contribution in [0.2, 0.25) is 0 Å². The Morgan fingerprint density at radius 2 is 2.22 bits per heavy atom. The highest BCUT2D eigenvalue weighted by Crippen LogP contribution is 2.18. The van der Waals surface area contributed by atoms with Crippen LogP contribution in [0.4, 0.5) is 0 Å². The van der Waals surface area contributed by atoms with Gasteiger partial charge in [-0.3, -0.25) is 0 Å². The van der Waals surface area contributed by atoms with E-state index >= 15 is 0 Å². The molecule has 0 atom stereocenters. The summed E-state index contributed by atoms with van der Waals surface area (Å²) in [6.45, 7) is 3.98. The fourth-order valence-electron chi connectivity index (χ4n) is 2.15. The molecular formula is C17H16N4OS. The van der Waals surface area contributed by atoms with E-state index in [1.165, 1.54) is 0 Å².